The van der Waals surface area contributed by atoms with Crippen molar-refractivity contribution in [2.75, 3.05) is 6.61 Å². The Kier molecular flexibility index (Phi) is 3.48. The van der Waals surface area contributed by atoms with Crippen molar-refractivity contribution in [2.45, 2.75) is 29.4 Å². The normalized spacial score (nSPS) is 49.2. The van der Waals surface area contributed by atoms with Crippen LogP contribution in [0.3, 0.4) is 0 Å². The number of aliphatic hydroxyl groups is 3. The number of aliphatic hydroxyl groups excluding tert-OH is 3. The number of hydrogen-bond donors (Lipinski definition) is 4. The first kappa shape index (κ1) is 10.4. The molecule has 0 amide bonds. The van der Waals surface area contributed by atoms with E-state index >= 15 is 0 Å². The molecule has 1 aliphatic rings. The van der Waals surface area contributed by atoms with Crippen LogP contribution in [0.15, 0.2) is 0 Å². The second-order valence-corrected chi connectivity index (χ2v) is 3.87. The third-order valence-electron chi connectivity index (χ3n) is 1.95. The quantitative estimate of drug-likeness (QED) is 0.360. The zero-order valence-electron chi connectivity index (χ0n) is 6.37. The van der Waals surface area contributed by atoms with Gasteiger partial charge in [0, 0.05) is 0 Å². The molecule has 0 aromatic carbocycles. The summed E-state index contributed by atoms with van der Waals surface area (Å²) in [6, 6.07) is -0.622. The van der Waals surface area contributed by atoms with E-state index in [-0.39, 0.29) is 6.61 Å². The van der Waals surface area contributed by atoms with Crippen LogP contribution in [0.4, 0.5) is 0 Å². The molecule has 0 aromatic rings. The van der Waals surface area contributed by atoms with Crippen molar-refractivity contribution in [3.8, 4) is 0 Å². The van der Waals surface area contributed by atoms with Gasteiger partial charge in [-0.1, -0.05) is 0 Å². The van der Waals surface area contributed by atoms with Gasteiger partial charge in [0.15, 0.2) is 0 Å². The molecule has 0 spiro atoms. The van der Waals surface area contributed by atoms with Crippen molar-refractivity contribution >= 4 is 16.0 Å². The Balaban J connectivity index is 2.63. The maximum atomic E-state index is 9.34. The zero-order chi connectivity index (χ0) is 9.30. The molecule has 5 N–H and O–H groups in total. The molecular formula is C6H13NO4Se. The fourth-order valence-corrected chi connectivity index (χ4v) is 1.82. The molecule has 1 saturated heterocycles. The maximum absolute atomic E-state index is 9.34. The van der Waals surface area contributed by atoms with E-state index in [2.05, 4.69) is 16.0 Å². The molecule has 1 heterocycles. The summed E-state index contributed by atoms with van der Waals surface area (Å²) in [5.74, 6) is 0. The van der Waals surface area contributed by atoms with Gasteiger partial charge in [-0.2, -0.15) is 0 Å². The topological polar surface area (TPSA) is 95.9 Å². The van der Waals surface area contributed by atoms with Gasteiger partial charge in [-0.15, -0.1) is 0 Å². The van der Waals surface area contributed by atoms with Crippen molar-refractivity contribution in [3.05, 3.63) is 0 Å². The first-order valence-corrected chi connectivity index (χ1v) is 4.72. The third-order valence-corrected chi connectivity index (χ3v) is 2.93. The summed E-state index contributed by atoms with van der Waals surface area (Å²) in [7, 11) is 0. The van der Waals surface area contributed by atoms with Crippen LogP contribution in [-0.4, -0.2) is 67.3 Å². The first-order chi connectivity index (χ1) is 5.57. The molecule has 0 aromatic heterocycles. The molecule has 5 nitrogen and oxygen atoms in total. The summed E-state index contributed by atoms with van der Waals surface area (Å²) in [5, 5.41) is 27.0. The Morgan fingerprint density at radius 1 is 1.33 bits per heavy atom. The van der Waals surface area contributed by atoms with Crippen molar-refractivity contribution < 1.29 is 20.1 Å². The minimum absolute atomic E-state index is 0.320. The number of rotatable bonds is 1. The van der Waals surface area contributed by atoms with Crippen LogP contribution in [0.5, 0.6) is 0 Å². The SMILES string of the molecule is N[C@@H]1C([SeH])O[C@H](CO)[C@@H](O)[C@@H]1O. The van der Waals surface area contributed by atoms with Gasteiger partial charge in [-0.05, 0) is 0 Å². The number of nitrogens with two attached hydrogens (primary N) is 1. The molecular weight excluding hydrogens is 229 g/mol. The van der Waals surface area contributed by atoms with Gasteiger partial charge in [-0.25, -0.2) is 0 Å². The van der Waals surface area contributed by atoms with E-state index in [1.165, 1.54) is 0 Å². The minimum atomic E-state index is -1.11. The fraction of sp³-hybridized carbons (Fsp3) is 1.00. The molecule has 0 bridgehead atoms. The van der Waals surface area contributed by atoms with Crippen LogP contribution in [0.25, 0.3) is 0 Å². The average molecular weight is 242 g/mol. The van der Waals surface area contributed by atoms with E-state index in [1.54, 1.807) is 0 Å². The predicted octanol–water partition coefficient (Wildman–Crippen LogP) is -3.35. The Morgan fingerprint density at radius 3 is 2.42 bits per heavy atom. The van der Waals surface area contributed by atoms with E-state index in [1.807, 2.05) is 0 Å². The van der Waals surface area contributed by atoms with Crippen LogP contribution in [-0.2, 0) is 4.74 Å². The van der Waals surface area contributed by atoms with Gasteiger partial charge in [0.25, 0.3) is 0 Å². The molecule has 0 aliphatic carbocycles. The van der Waals surface area contributed by atoms with E-state index in [0.717, 1.165) is 0 Å². The Morgan fingerprint density at radius 2 is 1.92 bits per heavy atom. The molecule has 6 heteroatoms. The van der Waals surface area contributed by atoms with Crippen molar-refractivity contribution in [1.29, 1.82) is 0 Å². The van der Waals surface area contributed by atoms with Crippen LogP contribution < -0.4 is 5.73 Å². The van der Waals surface area contributed by atoms with Gasteiger partial charge in [0.1, 0.15) is 0 Å². The second-order valence-electron chi connectivity index (χ2n) is 2.81. The standard InChI is InChI=1S/C6H13NO4Se/c7-3-5(10)4(9)2(1-8)11-6(3)12/h2-6,8-10,12H,1,7H2/t2-,3+,4-,5-,6?/m1/s1. The molecule has 1 fully saturated rings. The van der Waals surface area contributed by atoms with Gasteiger partial charge < -0.3 is 0 Å². The molecule has 0 radical (unpaired) electrons. The van der Waals surface area contributed by atoms with Crippen molar-refractivity contribution in [3.63, 3.8) is 0 Å². The van der Waals surface area contributed by atoms with Gasteiger partial charge in [0.2, 0.25) is 0 Å². The van der Waals surface area contributed by atoms with Crippen LogP contribution in [0, 0.1) is 0 Å². The van der Waals surface area contributed by atoms with Gasteiger partial charge in [0.05, 0.1) is 0 Å². The molecule has 1 aliphatic heterocycles. The summed E-state index contributed by atoms with van der Waals surface area (Å²) >= 11 is 2.16. The van der Waals surface area contributed by atoms with Gasteiger partial charge >= 0.3 is 77.8 Å². The summed E-state index contributed by atoms with van der Waals surface area (Å²) < 4.78 is 5.12. The molecule has 1 unspecified atom stereocenters. The van der Waals surface area contributed by atoms with Crippen molar-refractivity contribution in [1.82, 2.24) is 0 Å². The van der Waals surface area contributed by atoms with E-state index in [4.69, 9.17) is 15.6 Å². The average Bonchev–Trinajstić information content (AvgIpc) is 2.08. The molecule has 12 heavy (non-hydrogen) atoms. The first-order valence-electron chi connectivity index (χ1n) is 3.64. The van der Waals surface area contributed by atoms with Crippen molar-refractivity contribution in [2.24, 2.45) is 5.73 Å². The Bertz CT molecular complexity index is 154. The summed E-state index contributed by atoms with van der Waals surface area (Å²) in [6.07, 6.45) is -2.89. The van der Waals surface area contributed by atoms with Crippen LogP contribution in [0.1, 0.15) is 0 Å². The van der Waals surface area contributed by atoms with E-state index < -0.39 is 29.4 Å². The van der Waals surface area contributed by atoms with E-state index in [0.29, 0.717) is 0 Å². The number of ether oxygens (including phenoxy) is 1. The fourth-order valence-electron chi connectivity index (χ4n) is 1.12. The second kappa shape index (κ2) is 4.02. The molecule has 72 valence electrons. The summed E-state index contributed by atoms with van der Waals surface area (Å²) in [5.41, 5.74) is 5.50. The monoisotopic (exact) mass is 243 g/mol. The summed E-state index contributed by atoms with van der Waals surface area (Å²) in [4.78, 5) is 0. The third kappa shape index (κ3) is 1.80. The zero-order valence-corrected chi connectivity index (χ0v) is 8.24. The Hall–Kier alpha value is 0.319. The van der Waals surface area contributed by atoms with Gasteiger partial charge in [-0.3, -0.25) is 0 Å². The Labute approximate surface area is 78.3 Å². The molecule has 5 atom stereocenters. The van der Waals surface area contributed by atoms with Crippen LogP contribution >= 0.6 is 0 Å². The molecule has 0 saturated carbocycles. The number of hydrogen-bond acceptors (Lipinski definition) is 5. The van der Waals surface area contributed by atoms with Crippen LogP contribution in [0.2, 0.25) is 0 Å². The predicted molar refractivity (Wildman–Crippen MR) is 42.9 cm³/mol. The van der Waals surface area contributed by atoms with E-state index in [9.17, 15) is 10.2 Å². The molecule has 1 rings (SSSR count). The summed E-state index contributed by atoms with van der Waals surface area (Å²) in [6.45, 7) is -0.320.